The molecule has 1 aromatic carbocycles. The third-order valence-electron chi connectivity index (χ3n) is 2.21. The van der Waals surface area contributed by atoms with Crippen LogP contribution in [-0.2, 0) is 0 Å². The molecule has 1 aromatic rings. The van der Waals surface area contributed by atoms with Gasteiger partial charge in [-0.25, -0.2) is 0 Å². The molecule has 0 heterocycles. The molecule has 92 valence electrons. The standard InChI is InChI=1S/C13H17NO3/c1-9(2)8-14-13(15)12-10(16-3)6-5-7-11(12)17-4/h5-7H,1,8H2,2-4H3,(H,14,15). The van der Waals surface area contributed by atoms with Crippen molar-refractivity contribution in [2.24, 2.45) is 0 Å². The fraction of sp³-hybridized carbons (Fsp3) is 0.308. The van der Waals surface area contributed by atoms with Gasteiger partial charge in [0, 0.05) is 6.54 Å². The molecule has 0 aliphatic rings. The highest BCUT2D eigenvalue weighted by Gasteiger charge is 2.17. The predicted octanol–water partition coefficient (Wildman–Crippen LogP) is 2.01. The summed E-state index contributed by atoms with van der Waals surface area (Å²) in [4.78, 5) is 12.0. The lowest BCUT2D eigenvalue weighted by Gasteiger charge is -2.12. The molecule has 1 amide bonds. The van der Waals surface area contributed by atoms with Crippen LogP contribution in [0.1, 0.15) is 17.3 Å². The smallest absolute Gasteiger partial charge is 0.259 e. The number of ether oxygens (including phenoxy) is 2. The van der Waals surface area contributed by atoms with Crippen LogP contribution in [0.4, 0.5) is 0 Å². The van der Waals surface area contributed by atoms with Crippen LogP contribution in [0.25, 0.3) is 0 Å². The van der Waals surface area contributed by atoms with E-state index in [2.05, 4.69) is 11.9 Å². The highest BCUT2D eigenvalue weighted by Crippen LogP contribution is 2.27. The van der Waals surface area contributed by atoms with Gasteiger partial charge in [-0.05, 0) is 19.1 Å². The Morgan fingerprint density at radius 1 is 1.29 bits per heavy atom. The van der Waals surface area contributed by atoms with E-state index in [-0.39, 0.29) is 5.91 Å². The van der Waals surface area contributed by atoms with Crippen LogP contribution in [0.15, 0.2) is 30.4 Å². The summed E-state index contributed by atoms with van der Waals surface area (Å²) in [6.07, 6.45) is 0. The van der Waals surface area contributed by atoms with Gasteiger partial charge in [-0.1, -0.05) is 18.2 Å². The average Bonchev–Trinajstić information content (AvgIpc) is 2.34. The molecule has 0 aliphatic heterocycles. The summed E-state index contributed by atoms with van der Waals surface area (Å²) >= 11 is 0. The minimum Gasteiger partial charge on any atom is -0.496 e. The van der Waals surface area contributed by atoms with Crippen LogP contribution >= 0.6 is 0 Å². The Bertz CT molecular complexity index is 404. The number of nitrogens with one attached hydrogen (secondary N) is 1. The molecule has 0 unspecified atom stereocenters. The monoisotopic (exact) mass is 235 g/mol. The molecule has 0 aromatic heterocycles. The normalized spacial score (nSPS) is 9.59. The molecule has 0 spiro atoms. The molecule has 17 heavy (non-hydrogen) atoms. The molecule has 1 N–H and O–H groups in total. The van der Waals surface area contributed by atoms with E-state index < -0.39 is 0 Å². The second-order valence-corrected chi connectivity index (χ2v) is 3.68. The van der Waals surface area contributed by atoms with Gasteiger partial charge in [0.15, 0.2) is 0 Å². The molecule has 1 rings (SSSR count). The topological polar surface area (TPSA) is 47.6 Å². The molecule has 4 nitrogen and oxygen atoms in total. The van der Waals surface area contributed by atoms with Crippen molar-refractivity contribution in [2.45, 2.75) is 6.92 Å². The summed E-state index contributed by atoms with van der Waals surface area (Å²) in [5.74, 6) is 0.745. The first-order valence-corrected chi connectivity index (χ1v) is 5.23. The Morgan fingerprint density at radius 2 is 1.82 bits per heavy atom. The lowest BCUT2D eigenvalue weighted by Crippen LogP contribution is -2.25. The maximum atomic E-state index is 12.0. The Hall–Kier alpha value is -1.97. The van der Waals surface area contributed by atoms with Gasteiger partial charge in [0.1, 0.15) is 17.1 Å². The first-order valence-electron chi connectivity index (χ1n) is 5.23. The van der Waals surface area contributed by atoms with E-state index in [1.807, 2.05) is 6.92 Å². The van der Waals surface area contributed by atoms with E-state index in [0.29, 0.717) is 23.6 Å². The summed E-state index contributed by atoms with van der Waals surface area (Å²) in [7, 11) is 3.04. The molecular weight excluding hydrogens is 218 g/mol. The molecule has 0 bridgehead atoms. The minimum atomic E-state index is -0.234. The first-order chi connectivity index (χ1) is 8.10. The van der Waals surface area contributed by atoms with Crippen molar-refractivity contribution in [1.82, 2.24) is 5.32 Å². The van der Waals surface area contributed by atoms with Gasteiger partial charge in [-0.3, -0.25) is 4.79 Å². The van der Waals surface area contributed by atoms with Crippen LogP contribution < -0.4 is 14.8 Å². The maximum absolute atomic E-state index is 12.0. The van der Waals surface area contributed by atoms with E-state index in [9.17, 15) is 4.79 Å². The van der Waals surface area contributed by atoms with Crippen LogP contribution in [0.3, 0.4) is 0 Å². The Morgan fingerprint density at radius 3 is 2.24 bits per heavy atom. The number of amides is 1. The molecule has 0 saturated heterocycles. The highest BCUT2D eigenvalue weighted by atomic mass is 16.5. The van der Waals surface area contributed by atoms with Gasteiger partial charge in [0.25, 0.3) is 5.91 Å². The summed E-state index contributed by atoms with van der Waals surface area (Å²) in [6.45, 7) is 6.01. The molecular formula is C13H17NO3. The first kappa shape index (κ1) is 13.1. The van der Waals surface area contributed by atoms with Crippen LogP contribution in [0.2, 0.25) is 0 Å². The zero-order valence-corrected chi connectivity index (χ0v) is 10.4. The number of hydrogen-bond donors (Lipinski definition) is 1. The molecule has 0 saturated carbocycles. The molecule has 0 radical (unpaired) electrons. The largest absolute Gasteiger partial charge is 0.496 e. The van der Waals surface area contributed by atoms with Gasteiger partial charge in [0.05, 0.1) is 14.2 Å². The van der Waals surface area contributed by atoms with Crippen LogP contribution in [-0.4, -0.2) is 26.7 Å². The number of carbonyl (C=O) groups is 1. The van der Waals surface area contributed by atoms with Crippen molar-refractivity contribution in [3.8, 4) is 11.5 Å². The zero-order valence-electron chi connectivity index (χ0n) is 10.4. The Kier molecular flexibility index (Phi) is 4.57. The predicted molar refractivity (Wildman–Crippen MR) is 66.7 cm³/mol. The minimum absolute atomic E-state index is 0.234. The lowest BCUT2D eigenvalue weighted by atomic mass is 10.1. The van der Waals surface area contributed by atoms with Crippen molar-refractivity contribution >= 4 is 5.91 Å². The van der Waals surface area contributed by atoms with Crippen molar-refractivity contribution in [1.29, 1.82) is 0 Å². The summed E-state index contributed by atoms with van der Waals surface area (Å²) in [5.41, 5.74) is 1.28. The molecule has 4 heteroatoms. The molecule has 0 atom stereocenters. The van der Waals surface area contributed by atoms with E-state index >= 15 is 0 Å². The van der Waals surface area contributed by atoms with Gasteiger partial charge in [-0.15, -0.1) is 0 Å². The van der Waals surface area contributed by atoms with Crippen molar-refractivity contribution < 1.29 is 14.3 Å². The van der Waals surface area contributed by atoms with E-state index in [4.69, 9.17) is 9.47 Å². The molecule has 0 fully saturated rings. The second-order valence-electron chi connectivity index (χ2n) is 3.68. The van der Waals surface area contributed by atoms with Gasteiger partial charge in [0.2, 0.25) is 0 Å². The fourth-order valence-electron chi connectivity index (χ4n) is 1.39. The quantitative estimate of drug-likeness (QED) is 0.794. The van der Waals surface area contributed by atoms with Crippen molar-refractivity contribution in [2.75, 3.05) is 20.8 Å². The number of benzene rings is 1. The average molecular weight is 235 g/mol. The van der Waals surface area contributed by atoms with Crippen molar-refractivity contribution in [3.05, 3.63) is 35.9 Å². The number of carbonyl (C=O) groups excluding carboxylic acids is 1. The number of methoxy groups -OCH3 is 2. The second kappa shape index (κ2) is 5.94. The SMILES string of the molecule is C=C(C)CNC(=O)c1c(OC)cccc1OC. The summed E-state index contributed by atoms with van der Waals surface area (Å²) < 4.78 is 10.3. The van der Waals surface area contributed by atoms with Gasteiger partial charge in [-0.2, -0.15) is 0 Å². The Balaban J connectivity index is 3.01. The van der Waals surface area contributed by atoms with Gasteiger partial charge < -0.3 is 14.8 Å². The van der Waals surface area contributed by atoms with E-state index in [1.165, 1.54) is 14.2 Å². The maximum Gasteiger partial charge on any atom is 0.259 e. The van der Waals surface area contributed by atoms with E-state index in [1.54, 1.807) is 18.2 Å². The third kappa shape index (κ3) is 3.24. The fourth-order valence-corrected chi connectivity index (χ4v) is 1.39. The third-order valence-corrected chi connectivity index (χ3v) is 2.21. The van der Waals surface area contributed by atoms with Crippen molar-refractivity contribution in [3.63, 3.8) is 0 Å². The van der Waals surface area contributed by atoms with E-state index in [0.717, 1.165) is 5.57 Å². The van der Waals surface area contributed by atoms with Crippen LogP contribution in [0, 0.1) is 0 Å². The zero-order chi connectivity index (χ0) is 12.8. The highest BCUT2D eigenvalue weighted by molar-refractivity contribution is 5.99. The number of hydrogen-bond acceptors (Lipinski definition) is 3. The lowest BCUT2D eigenvalue weighted by molar-refractivity contribution is 0.0951. The van der Waals surface area contributed by atoms with Crippen LogP contribution in [0.5, 0.6) is 11.5 Å². The summed E-state index contributed by atoms with van der Waals surface area (Å²) in [5, 5.41) is 2.75. The summed E-state index contributed by atoms with van der Waals surface area (Å²) in [6, 6.07) is 5.21. The Labute approximate surface area is 101 Å². The van der Waals surface area contributed by atoms with Gasteiger partial charge >= 0.3 is 0 Å². The molecule has 0 aliphatic carbocycles. The number of rotatable bonds is 5.